The van der Waals surface area contributed by atoms with E-state index < -0.39 is 23.8 Å². The third kappa shape index (κ3) is 7.69. The summed E-state index contributed by atoms with van der Waals surface area (Å²) in [5, 5.41) is 6.23. The van der Waals surface area contributed by atoms with E-state index in [4.69, 9.17) is 44.3 Å². The fourth-order valence-corrected chi connectivity index (χ4v) is 4.41. The number of carbonyl (C=O) groups is 3. The minimum atomic E-state index is -0.984. The predicted molar refractivity (Wildman–Crippen MR) is 145 cm³/mol. The van der Waals surface area contributed by atoms with Crippen LogP contribution in [-0.4, -0.2) is 44.1 Å². The summed E-state index contributed by atoms with van der Waals surface area (Å²) in [4.78, 5) is 38.4. The smallest absolute Gasteiger partial charge is 0.329 e. The van der Waals surface area contributed by atoms with Crippen molar-refractivity contribution in [3.8, 4) is 0 Å². The van der Waals surface area contributed by atoms with Crippen molar-refractivity contribution in [2.75, 3.05) is 25.6 Å². The largest absolute Gasteiger partial charge is 0.462 e. The normalized spacial score (nSPS) is 11.5. The highest BCUT2D eigenvalue weighted by molar-refractivity contribution is 6.40. The number of nitrogens with one attached hydrogen (secondary N) is 2. The Balaban J connectivity index is 1.75. The zero-order valence-corrected chi connectivity index (χ0v) is 22.4. The van der Waals surface area contributed by atoms with Crippen LogP contribution in [0.5, 0.6) is 0 Å². The number of amides is 2. The molecule has 0 radical (unpaired) electrons. The van der Waals surface area contributed by atoms with E-state index in [0.29, 0.717) is 11.3 Å². The number of esters is 1. The number of anilines is 1. The second-order valence-corrected chi connectivity index (χ2v) is 9.29. The van der Waals surface area contributed by atoms with Gasteiger partial charge in [0.2, 0.25) is 0 Å². The van der Waals surface area contributed by atoms with E-state index in [2.05, 4.69) is 10.6 Å². The van der Waals surface area contributed by atoms with Crippen molar-refractivity contribution >= 4 is 58.3 Å². The maximum atomic E-state index is 13.0. The lowest BCUT2D eigenvalue weighted by atomic mass is 10.0. The van der Waals surface area contributed by atoms with Crippen LogP contribution in [0.2, 0.25) is 15.1 Å². The summed E-state index contributed by atoms with van der Waals surface area (Å²) in [6, 6.07) is 15.7. The van der Waals surface area contributed by atoms with Crippen molar-refractivity contribution in [1.29, 1.82) is 0 Å². The Kier molecular flexibility index (Phi) is 10.3. The van der Waals surface area contributed by atoms with Crippen molar-refractivity contribution in [2.45, 2.75) is 19.4 Å². The standard InChI is InChI=1S/C27H25Cl3N2O5/c1-16-5-3-6-19(28)23(16)25(33)32-22(27(35)37-14-13-36-2)15-17-9-11-18(12-10-17)31-26(34)24-20(29)7-4-8-21(24)30/h3-12,22H,13-15H2,1-2H3,(H,31,34)(H,32,33)/t22-/m0/s1. The Labute approximate surface area is 230 Å². The number of hydrogen-bond donors (Lipinski definition) is 2. The van der Waals surface area contributed by atoms with Gasteiger partial charge in [0.15, 0.2) is 0 Å². The Morgan fingerprint density at radius 2 is 1.41 bits per heavy atom. The molecule has 3 rings (SSSR count). The Hall–Kier alpha value is -3.10. The molecule has 0 heterocycles. The third-order valence-electron chi connectivity index (χ3n) is 5.41. The fourth-order valence-electron chi connectivity index (χ4n) is 3.54. The molecule has 0 aliphatic rings. The number of hydrogen-bond acceptors (Lipinski definition) is 5. The SMILES string of the molecule is COCCOC(=O)[C@H](Cc1ccc(NC(=O)c2c(Cl)cccc2Cl)cc1)NC(=O)c1c(C)cccc1Cl. The maximum Gasteiger partial charge on any atom is 0.329 e. The highest BCUT2D eigenvalue weighted by Crippen LogP contribution is 2.25. The summed E-state index contributed by atoms with van der Waals surface area (Å²) < 4.78 is 10.2. The first kappa shape index (κ1) is 28.5. The van der Waals surface area contributed by atoms with Crippen molar-refractivity contribution < 1.29 is 23.9 Å². The van der Waals surface area contributed by atoms with E-state index in [9.17, 15) is 14.4 Å². The fraction of sp³-hybridized carbons (Fsp3) is 0.222. The Morgan fingerprint density at radius 3 is 2.00 bits per heavy atom. The molecule has 7 nitrogen and oxygen atoms in total. The summed E-state index contributed by atoms with van der Waals surface area (Å²) in [5.74, 6) is -1.55. The number of carbonyl (C=O) groups excluding carboxylic acids is 3. The molecule has 0 saturated heterocycles. The second-order valence-electron chi connectivity index (χ2n) is 8.07. The van der Waals surface area contributed by atoms with Gasteiger partial charge in [-0.15, -0.1) is 0 Å². The second kappa shape index (κ2) is 13.4. The van der Waals surface area contributed by atoms with Crippen molar-refractivity contribution in [3.05, 3.63) is 98.0 Å². The van der Waals surface area contributed by atoms with Crippen LogP contribution in [0, 0.1) is 6.92 Å². The minimum Gasteiger partial charge on any atom is -0.462 e. The van der Waals surface area contributed by atoms with Gasteiger partial charge in [0, 0.05) is 19.2 Å². The quantitative estimate of drug-likeness (QED) is 0.242. The van der Waals surface area contributed by atoms with E-state index >= 15 is 0 Å². The molecule has 2 amide bonds. The average Bonchev–Trinajstić information content (AvgIpc) is 2.84. The van der Waals surface area contributed by atoms with Gasteiger partial charge >= 0.3 is 5.97 Å². The Morgan fingerprint density at radius 1 is 0.811 bits per heavy atom. The number of benzene rings is 3. The molecular formula is C27H25Cl3N2O5. The molecular weight excluding hydrogens is 539 g/mol. The zero-order chi connectivity index (χ0) is 26.9. The van der Waals surface area contributed by atoms with Crippen LogP contribution in [-0.2, 0) is 20.7 Å². The molecule has 0 saturated carbocycles. The highest BCUT2D eigenvalue weighted by Gasteiger charge is 2.25. The van der Waals surface area contributed by atoms with Gasteiger partial charge in [0.25, 0.3) is 11.8 Å². The summed E-state index contributed by atoms with van der Waals surface area (Å²) in [5.41, 5.74) is 2.36. The van der Waals surface area contributed by atoms with Crippen molar-refractivity contribution in [2.24, 2.45) is 0 Å². The zero-order valence-electron chi connectivity index (χ0n) is 20.1. The first-order valence-corrected chi connectivity index (χ1v) is 12.4. The van der Waals surface area contributed by atoms with Gasteiger partial charge in [-0.3, -0.25) is 9.59 Å². The Bertz CT molecular complexity index is 1240. The summed E-state index contributed by atoms with van der Waals surface area (Å²) in [6.45, 7) is 2.03. The molecule has 0 fully saturated rings. The van der Waals surface area contributed by atoms with E-state index in [1.807, 2.05) is 0 Å². The molecule has 194 valence electrons. The van der Waals surface area contributed by atoms with Gasteiger partial charge in [0.1, 0.15) is 12.6 Å². The van der Waals surface area contributed by atoms with Crippen LogP contribution in [0.15, 0.2) is 60.7 Å². The van der Waals surface area contributed by atoms with E-state index in [1.165, 1.54) is 7.11 Å². The molecule has 0 aromatic heterocycles. The van der Waals surface area contributed by atoms with E-state index in [1.54, 1.807) is 67.6 Å². The molecule has 2 N–H and O–H groups in total. The molecule has 1 atom stereocenters. The lowest BCUT2D eigenvalue weighted by molar-refractivity contribution is -0.147. The average molecular weight is 564 g/mol. The van der Waals surface area contributed by atoms with Crippen molar-refractivity contribution in [3.63, 3.8) is 0 Å². The van der Waals surface area contributed by atoms with Crippen LogP contribution >= 0.6 is 34.8 Å². The first-order valence-electron chi connectivity index (χ1n) is 11.3. The van der Waals surface area contributed by atoms with E-state index in [0.717, 1.165) is 5.56 Å². The third-order valence-corrected chi connectivity index (χ3v) is 6.36. The van der Waals surface area contributed by atoms with Gasteiger partial charge in [-0.2, -0.15) is 0 Å². The molecule has 0 aliphatic carbocycles. The van der Waals surface area contributed by atoms with Crippen LogP contribution < -0.4 is 10.6 Å². The van der Waals surface area contributed by atoms with E-state index in [-0.39, 0.29) is 45.8 Å². The van der Waals surface area contributed by atoms with Crippen LogP contribution in [0.3, 0.4) is 0 Å². The van der Waals surface area contributed by atoms with Crippen LogP contribution in [0.25, 0.3) is 0 Å². The summed E-state index contributed by atoms with van der Waals surface area (Å²) in [7, 11) is 1.49. The lowest BCUT2D eigenvalue weighted by Gasteiger charge is -2.19. The van der Waals surface area contributed by atoms with Crippen molar-refractivity contribution in [1.82, 2.24) is 5.32 Å². The molecule has 0 aliphatic heterocycles. The molecule has 0 bridgehead atoms. The monoisotopic (exact) mass is 562 g/mol. The van der Waals surface area contributed by atoms with Gasteiger partial charge in [-0.1, -0.05) is 65.1 Å². The van der Waals surface area contributed by atoms with Gasteiger partial charge in [-0.25, -0.2) is 4.79 Å². The molecule has 3 aromatic rings. The van der Waals surface area contributed by atoms with Crippen LogP contribution in [0.4, 0.5) is 5.69 Å². The number of aryl methyl sites for hydroxylation is 1. The predicted octanol–water partition coefficient (Wildman–Crippen LogP) is 5.74. The number of halogens is 3. The summed E-state index contributed by atoms with van der Waals surface area (Å²) in [6.07, 6.45) is 0.144. The van der Waals surface area contributed by atoms with Gasteiger partial charge in [0.05, 0.1) is 32.8 Å². The summed E-state index contributed by atoms with van der Waals surface area (Å²) >= 11 is 18.5. The first-order chi connectivity index (χ1) is 17.7. The molecule has 3 aromatic carbocycles. The van der Waals surface area contributed by atoms with Gasteiger partial charge in [-0.05, 0) is 48.4 Å². The number of ether oxygens (including phenoxy) is 2. The molecule has 0 unspecified atom stereocenters. The topological polar surface area (TPSA) is 93.7 Å². The number of methoxy groups -OCH3 is 1. The lowest BCUT2D eigenvalue weighted by Crippen LogP contribution is -2.44. The molecule has 10 heteroatoms. The highest BCUT2D eigenvalue weighted by atomic mass is 35.5. The van der Waals surface area contributed by atoms with Crippen LogP contribution in [0.1, 0.15) is 31.8 Å². The maximum absolute atomic E-state index is 13.0. The van der Waals surface area contributed by atoms with Gasteiger partial charge < -0.3 is 20.1 Å². The molecule has 0 spiro atoms. The minimum absolute atomic E-state index is 0.0440. The molecule has 37 heavy (non-hydrogen) atoms. The number of rotatable bonds is 10.